The van der Waals surface area contributed by atoms with E-state index in [1.807, 2.05) is 0 Å². The molecule has 0 radical (unpaired) electrons. The van der Waals surface area contributed by atoms with Gasteiger partial charge in [-0.25, -0.2) is 0 Å². The highest BCUT2D eigenvalue weighted by Crippen LogP contribution is 2.05. The molecule has 0 saturated heterocycles. The van der Waals surface area contributed by atoms with Crippen LogP contribution in [0.2, 0.25) is 0 Å². The molecule has 3 heteroatoms. The van der Waals surface area contributed by atoms with Crippen molar-refractivity contribution in [2.45, 2.75) is 12.5 Å². The zero-order valence-electron chi connectivity index (χ0n) is 6.86. The molecule has 12 heavy (non-hydrogen) atoms. The van der Waals surface area contributed by atoms with E-state index in [-0.39, 0.29) is 6.42 Å². The van der Waals surface area contributed by atoms with Crippen LogP contribution in [0.15, 0.2) is 37.0 Å². The molecule has 0 amide bonds. The maximum atomic E-state index is 10.3. The van der Waals surface area contributed by atoms with Crippen LogP contribution in [0.5, 0.6) is 0 Å². The zero-order chi connectivity index (χ0) is 9.56. The first-order valence-electron chi connectivity index (χ1n) is 3.54. The third-order valence-electron chi connectivity index (χ3n) is 1.37. The van der Waals surface area contributed by atoms with Gasteiger partial charge in [0.1, 0.15) is 0 Å². The molecule has 3 nitrogen and oxygen atoms in total. The van der Waals surface area contributed by atoms with Gasteiger partial charge in [0.2, 0.25) is 0 Å². The summed E-state index contributed by atoms with van der Waals surface area (Å²) >= 11 is 0. The van der Waals surface area contributed by atoms with Gasteiger partial charge >= 0.3 is 5.97 Å². The van der Waals surface area contributed by atoms with E-state index in [1.54, 1.807) is 12.2 Å². The number of allylic oxidation sites excluding steroid dienone is 2. The topological polar surface area (TPSA) is 63.3 Å². The number of hydrogen-bond donors (Lipinski definition) is 2. The molecule has 66 valence electrons. The largest absolute Gasteiger partial charge is 0.481 e. The van der Waals surface area contributed by atoms with Crippen molar-refractivity contribution in [2.75, 3.05) is 0 Å². The predicted octanol–water partition coefficient (Wildman–Crippen LogP) is 1.09. The van der Waals surface area contributed by atoms with Crippen molar-refractivity contribution in [3.8, 4) is 0 Å². The second-order valence-corrected chi connectivity index (χ2v) is 2.31. The number of hydrogen-bond acceptors (Lipinski definition) is 2. The van der Waals surface area contributed by atoms with Crippen LogP contribution in [0.25, 0.3) is 0 Å². The lowest BCUT2D eigenvalue weighted by atomic mass is 10.0. The molecule has 0 saturated carbocycles. The summed E-state index contributed by atoms with van der Waals surface area (Å²) in [5.74, 6) is -0.917. The van der Waals surface area contributed by atoms with E-state index in [4.69, 9.17) is 10.8 Å². The Kier molecular flexibility index (Phi) is 4.72. The van der Waals surface area contributed by atoms with Gasteiger partial charge in [-0.1, -0.05) is 31.4 Å². The first-order valence-corrected chi connectivity index (χ1v) is 3.54. The predicted molar refractivity (Wildman–Crippen MR) is 48.7 cm³/mol. The normalized spacial score (nSPS) is 13.6. The molecule has 0 aliphatic carbocycles. The highest BCUT2D eigenvalue weighted by Gasteiger charge is 2.09. The van der Waals surface area contributed by atoms with Crippen molar-refractivity contribution in [3.05, 3.63) is 37.0 Å². The Bertz CT molecular complexity index is 219. The number of aliphatic carboxylic acids is 1. The molecule has 0 aromatic heterocycles. The standard InChI is InChI=1S/C9H13NO2/c1-3-5-7(4-2)8(10)6-9(11)12/h3-5,8H,1-2,6,10H2,(H,11,12)/b7-5+. The average molecular weight is 167 g/mol. The number of carbonyl (C=O) groups is 1. The molecular weight excluding hydrogens is 154 g/mol. The van der Waals surface area contributed by atoms with Crippen LogP contribution in [-0.2, 0) is 4.79 Å². The van der Waals surface area contributed by atoms with Crippen molar-refractivity contribution in [1.82, 2.24) is 0 Å². The summed E-state index contributed by atoms with van der Waals surface area (Å²) in [6.45, 7) is 7.00. The molecule has 0 aromatic carbocycles. The fourth-order valence-corrected chi connectivity index (χ4v) is 0.785. The van der Waals surface area contributed by atoms with Gasteiger partial charge in [-0.15, -0.1) is 0 Å². The Hall–Kier alpha value is -1.35. The fourth-order valence-electron chi connectivity index (χ4n) is 0.785. The van der Waals surface area contributed by atoms with Crippen LogP contribution in [-0.4, -0.2) is 17.1 Å². The van der Waals surface area contributed by atoms with E-state index in [2.05, 4.69) is 13.2 Å². The third-order valence-corrected chi connectivity index (χ3v) is 1.37. The summed E-state index contributed by atoms with van der Waals surface area (Å²) in [7, 11) is 0. The number of carboxylic acid groups (broad SMARTS) is 1. The number of nitrogens with two attached hydrogens (primary N) is 1. The Labute approximate surface area is 71.9 Å². The molecule has 1 atom stereocenters. The van der Waals surface area contributed by atoms with E-state index in [9.17, 15) is 4.79 Å². The van der Waals surface area contributed by atoms with Gasteiger partial charge in [-0.05, 0) is 5.57 Å². The maximum absolute atomic E-state index is 10.3. The van der Waals surface area contributed by atoms with Gasteiger partial charge in [-0.3, -0.25) is 4.79 Å². The van der Waals surface area contributed by atoms with E-state index in [0.29, 0.717) is 5.57 Å². The quantitative estimate of drug-likeness (QED) is 0.602. The minimum Gasteiger partial charge on any atom is -0.481 e. The fraction of sp³-hybridized carbons (Fsp3) is 0.222. The van der Waals surface area contributed by atoms with Crippen LogP contribution >= 0.6 is 0 Å². The highest BCUT2D eigenvalue weighted by atomic mass is 16.4. The molecule has 0 aliphatic heterocycles. The van der Waals surface area contributed by atoms with Crippen molar-refractivity contribution in [2.24, 2.45) is 5.73 Å². The van der Waals surface area contributed by atoms with Crippen LogP contribution in [0.4, 0.5) is 0 Å². The average Bonchev–Trinajstić information content (AvgIpc) is 1.98. The molecule has 0 aromatic rings. The smallest absolute Gasteiger partial charge is 0.305 e. The first-order chi connectivity index (χ1) is 5.61. The first kappa shape index (κ1) is 10.7. The van der Waals surface area contributed by atoms with Gasteiger partial charge < -0.3 is 10.8 Å². The molecule has 0 heterocycles. The lowest BCUT2D eigenvalue weighted by Crippen LogP contribution is -2.25. The van der Waals surface area contributed by atoms with Gasteiger partial charge in [0, 0.05) is 6.04 Å². The summed E-state index contributed by atoms with van der Waals surface area (Å²) in [6, 6.07) is -0.502. The van der Waals surface area contributed by atoms with Crippen LogP contribution in [0.1, 0.15) is 6.42 Å². The summed E-state index contributed by atoms with van der Waals surface area (Å²) in [5.41, 5.74) is 6.23. The molecular formula is C9H13NO2. The second kappa shape index (κ2) is 5.32. The monoisotopic (exact) mass is 167 g/mol. The highest BCUT2D eigenvalue weighted by molar-refractivity contribution is 5.68. The Morgan fingerprint density at radius 3 is 2.50 bits per heavy atom. The van der Waals surface area contributed by atoms with E-state index < -0.39 is 12.0 Å². The van der Waals surface area contributed by atoms with Gasteiger partial charge in [0.15, 0.2) is 0 Å². The molecule has 1 unspecified atom stereocenters. The van der Waals surface area contributed by atoms with Crippen LogP contribution in [0, 0.1) is 0 Å². The summed E-state index contributed by atoms with van der Waals surface area (Å²) in [5, 5.41) is 8.43. The minimum atomic E-state index is -0.917. The molecule has 3 N–H and O–H groups in total. The third kappa shape index (κ3) is 3.73. The van der Waals surface area contributed by atoms with Crippen LogP contribution < -0.4 is 5.73 Å². The lowest BCUT2D eigenvalue weighted by Gasteiger charge is -2.08. The molecule has 0 bridgehead atoms. The second-order valence-electron chi connectivity index (χ2n) is 2.31. The Balaban J connectivity index is 4.31. The van der Waals surface area contributed by atoms with Crippen molar-refractivity contribution in [3.63, 3.8) is 0 Å². The molecule has 0 spiro atoms. The summed E-state index contributed by atoms with van der Waals surface area (Å²) in [4.78, 5) is 10.3. The van der Waals surface area contributed by atoms with E-state index >= 15 is 0 Å². The minimum absolute atomic E-state index is 0.0916. The molecule has 0 rings (SSSR count). The summed E-state index contributed by atoms with van der Waals surface area (Å²) < 4.78 is 0. The number of rotatable bonds is 5. The maximum Gasteiger partial charge on any atom is 0.305 e. The Morgan fingerprint density at radius 2 is 2.17 bits per heavy atom. The van der Waals surface area contributed by atoms with Crippen molar-refractivity contribution < 1.29 is 9.90 Å². The van der Waals surface area contributed by atoms with E-state index in [1.165, 1.54) is 6.08 Å². The van der Waals surface area contributed by atoms with Crippen LogP contribution in [0.3, 0.4) is 0 Å². The van der Waals surface area contributed by atoms with Gasteiger partial charge in [0.05, 0.1) is 6.42 Å². The Morgan fingerprint density at radius 1 is 1.58 bits per heavy atom. The van der Waals surface area contributed by atoms with E-state index in [0.717, 1.165) is 0 Å². The van der Waals surface area contributed by atoms with Crippen molar-refractivity contribution >= 4 is 5.97 Å². The number of carboxylic acids is 1. The van der Waals surface area contributed by atoms with Crippen molar-refractivity contribution in [1.29, 1.82) is 0 Å². The molecule has 0 fully saturated rings. The van der Waals surface area contributed by atoms with Gasteiger partial charge in [0.25, 0.3) is 0 Å². The van der Waals surface area contributed by atoms with Gasteiger partial charge in [-0.2, -0.15) is 0 Å². The zero-order valence-corrected chi connectivity index (χ0v) is 6.86. The SMILES string of the molecule is C=C/C=C(\C=C)C(N)CC(=O)O. The lowest BCUT2D eigenvalue weighted by molar-refractivity contribution is -0.137. The molecule has 0 aliphatic rings. The summed E-state index contributed by atoms with van der Waals surface area (Å²) in [6.07, 6.45) is 4.65.